The van der Waals surface area contributed by atoms with E-state index in [1.165, 1.54) is 19.1 Å². The van der Waals surface area contributed by atoms with Crippen molar-refractivity contribution in [3.05, 3.63) is 65.4 Å². The lowest BCUT2D eigenvalue weighted by Crippen LogP contribution is -2.30. The average Bonchev–Trinajstić information content (AvgIpc) is 3.32. The molecule has 7 heteroatoms. The fourth-order valence-electron chi connectivity index (χ4n) is 4.13. The maximum atomic E-state index is 13.1. The van der Waals surface area contributed by atoms with Crippen LogP contribution in [0.25, 0.3) is 16.7 Å². The Morgan fingerprint density at radius 1 is 1.13 bits per heavy atom. The molecule has 1 aromatic heterocycles. The highest BCUT2D eigenvalue weighted by Crippen LogP contribution is 2.43. The molecule has 1 aliphatic heterocycles. The molecule has 3 aromatic rings. The van der Waals surface area contributed by atoms with E-state index in [4.69, 9.17) is 9.47 Å². The molecular formula is C24H24N2O5. The summed E-state index contributed by atoms with van der Waals surface area (Å²) in [4.78, 5) is 30.7. The molecule has 1 saturated heterocycles. The minimum Gasteiger partial charge on any atom is -0.507 e. The Hall–Kier alpha value is -3.74. The first kappa shape index (κ1) is 20.5. The third-order valence-corrected chi connectivity index (χ3v) is 5.58. The molecule has 0 spiro atoms. The molecule has 31 heavy (non-hydrogen) atoms. The van der Waals surface area contributed by atoms with Crippen molar-refractivity contribution in [3.63, 3.8) is 0 Å². The number of fused-ring (bicyclic) bond motifs is 1. The Balaban J connectivity index is 1.96. The number of ether oxygens (including phenoxy) is 2. The molecule has 2 N–H and O–H groups in total. The summed E-state index contributed by atoms with van der Waals surface area (Å²) in [6, 6.07) is 11.9. The van der Waals surface area contributed by atoms with Crippen molar-refractivity contribution in [3.8, 4) is 11.5 Å². The van der Waals surface area contributed by atoms with Gasteiger partial charge in [0, 0.05) is 35.3 Å². The number of hydrogen-bond donors (Lipinski definition) is 2. The highest BCUT2D eigenvalue weighted by molar-refractivity contribution is 6.46. The van der Waals surface area contributed by atoms with E-state index in [1.54, 1.807) is 24.4 Å². The van der Waals surface area contributed by atoms with Crippen molar-refractivity contribution >= 4 is 28.4 Å². The van der Waals surface area contributed by atoms with Crippen molar-refractivity contribution in [2.24, 2.45) is 0 Å². The van der Waals surface area contributed by atoms with Gasteiger partial charge in [-0.2, -0.15) is 0 Å². The van der Waals surface area contributed by atoms with E-state index in [-0.39, 0.29) is 11.3 Å². The number of amides is 1. The van der Waals surface area contributed by atoms with Gasteiger partial charge in [0.05, 0.1) is 31.4 Å². The number of likely N-dealkylation sites (tertiary alicyclic amines) is 1. The van der Waals surface area contributed by atoms with Crippen LogP contribution in [0.3, 0.4) is 0 Å². The first-order valence-corrected chi connectivity index (χ1v) is 10.1. The van der Waals surface area contributed by atoms with Crippen molar-refractivity contribution in [2.75, 3.05) is 20.8 Å². The summed E-state index contributed by atoms with van der Waals surface area (Å²) < 4.78 is 10.6. The van der Waals surface area contributed by atoms with Gasteiger partial charge in [0.15, 0.2) is 0 Å². The van der Waals surface area contributed by atoms with E-state index < -0.39 is 17.7 Å². The fraction of sp³-hybridized carbons (Fsp3) is 0.250. The van der Waals surface area contributed by atoms with E-state index in [1.807, 2.05) is 31.2 Å². The van der Waals surface area contributed by atoms with Crippen LogP contribution in [0.2, 0.25) is 0 Å². The molecule has 7 nitrogen and oxygen atoms in total. The van der Waals surface area contributed by atoms with Gasteiger partial charge in [0.1, 0.15) is 17.3 Å². The first-order valence-electron chi connectivity index (χ1n) is 10.1. The average molecular weight is 420 g/mol. The van der Waals surface area contributed by atoms with E-state index in [0.29, 0.717) is 30.0 Å². The number of aliphatic hydroxyl groups excluding tert-OH is 1. The van der Waals surface area contributed by atoms with Crippen LogP contribution in [-0.4, -0.2) is 47.4 Å². The van der Waals surface area contributed by atoms with Crippen LogP contribution in [0.5, 0.6) is 11.5 Å². The lowest BCUT2D eigenvalue weighted by atomic mass is 9.94. The number of methoxy groups -OCH3 is 2. The number of Topliss-reactive ketones (excluding diaryl/α,β-unsaturated/α-hetero) is 1. The van der Waals surface area contributed by atoms with Gasteiger partial charge in [-0.15, -0.1) is 0 Å². The Kier molecular flexibility index (Phi) is 5.42. The van der Waals surface area contributed by atoms with Gasteiger partial charge in [-0.25, -0.2) is 0 Å². The van der Waals surface area contributed by atoms with Crippen LogP contribution in [0, 0.1) is 0 Å². The van der Waals surface area contributed by atoms with Gasteiger partial charge >= 0.3 is 0 Å². The molecule has 1 atom stereocenters. The topological polar surface area (TPSA) is 91.9 Å². The van der Waals surface area contributed by atoms with Crippen LogP contribution in [0.15, 0.2) is 54.2 Å². The number of carbonyl (C=O) groups is 2. The minimum absolute atomic E-state index is 0.0478. The maximum absolute atomic E-state index is 13.1. The summed E-state index contributed by atoms with van der Waals surface area (Å²) in [6.45, 7) is 2.34. The molecule has 2 aromatic carbocycles. The van der Waals surface area contributed by atoms with Gasteiger partial charge in [-0.1, -0.05) is 25.1 Å². The second kappa shape index (κ2) is 8.18. The molecule has 1 unspecified atom stereocenters. The summed E-state index contributed by atoms with van der Waals surface area (Å²) in [6.07, 6.45) is 2.47. The van der Waals surface area contributed by atoms with Crippen molar-refractivity contribution in [2.45, 2.75) is 19.4 Å². The van der Waals surface area contributed by atoms with Crippen molar-refractivity contribution in [1.29, 1.82) is 0 Å². The molecular weight excluding hydrogens is 396 g/mol. The molecule has 0 radical (unpaired) electrons. The molecule has 1 aliphatic rings. The summed E-state index contributed by atoms with van der Waals surface area (Å²) in [5.41, 5.74) is 2.02. The number of aromatic nitrogens is 1. The molecule has 0 aliphatic carbocycles. The molecule has 0 bridgehead atoms. The molecule has 2 heterocycles. The van der Waals surface area contributed by atoms with Crippen molar-refractivity contribution < 1.29 is 24.2 Å². The third kappa shape index (κ3) is 3.32. The summed E-state index contributed by atoms with van der Waals surface area (Å²) >= 11 is 0. The first-order chi connectivity index (χ1) is 15.0. The van der Waals surface area contributed by atoms with Gasteiger partial charge < -0.3 is 24.5 Å². The van der Waals surface area contributed by atoms with Gasteiger partial charge in [-0.05, 0) is 24.6 Å². The predicted octanol–water partition coefficient (Wildman–Crippen LogP) is 4.02. The summed E-state index contributed by atoms with van der Waals surface area (Å²) in [5.74, 6) is -0.707. The van der Waals surface area contributed by atoms with Crippen molar-refractivity contribution in [1.82, 2.24) is 9.88 Å². The Morgan fingerprint density at radius 3 is 2.61 bits per heavy atom. The Bertz CT molecular complexity index is 1190. The number of ketones is 1. The number of H-pyrrole nitrogens is 1. The van der Waals surface area contributed by atoms with E-state index in [9.17, 15) is 14.7 Å². The second-order valence-corrected chi connectivity index (χ2v) is 7.35. The molecule has 1 fully saturated rings. The highest BCUT2D eigenvalue weighted by Gasteiger charge is 2.46. The minimum atomic E-state index is -0.709. The largest absolute Gasteiger partial charge is 0.507 e. The van der Waals surface area contributed by atoms with Crippen LogP contribution in [-0.2, 0) is 9.59 Å². The van der Waals surface area contributed by atoms with Gasteiger partial charge in [0.2, 0.25) is 0 Å². The highest BCUT2D eigenvalue weighted by atomic mass is 16.5. The number of hydrogen-bond acceptors (Lipinski definition) is 5. The lowest BCUT2D eigenvalue weighted by molar-refractivity contribution is -0.139. The van der Waals surface area contributed by atoms with E-state index >= 15 is 0 Å². The van der Waals surface area contributed by atoms with Gasteiger partial charge in [0.25, 0.3) is 11.7 Å². The number of rotatable bonds is 6. The van der Waals surface area contributed by atoms with Gasteiger partial charge in [-0.3, -0.25) is 9.59 Å². The smallest absolute Gasteiger partial charge is 0.295 e. The number of nitrogens with one attached hydrogen (secondary N) is 1. The molecule has 160 valence electrons. The SMILES string of the molecule is CCCN1C(=O)C(=O)/C(=C(/O)c2ccc(OC)cc2OC)C1c1c[nH]c2ccccc12. The van der Waals surface area contributed by atoms with Crippen LogP contribution < -0.4 is 9.47 Å². The fourth-order valence-corrected chi connectivity index (χ4v) is 4.13. The predicted molar refractivity (Wildman–Crippen MR) is 117 cm³/mol. The molecule has 4 rings (SSSR count). The standard InChI is InChI=1S/C24H24N2O5/c1-4-11-26-21(17-13-25-18-8-6-5-7-15(17)18)20(23(28)24(26)29)22(27)16-10-9-14(30-2)12-19(16)31-3/h5-10,12-13,21,25,27H,4,11H2,1-3H3/b22-20+. The number of aromatic amines is 1. The maximum Gasteiger partial charge on any atom is 0.295 e. The number of aliphatic hydroxyl groups is 1. The number of para-hydroxylation sites is 1. The molecule has 1 amide bonds. The zero-order valence-electron chi connectivity index (χ0n) is 17.6. The Labute approximate surface area is 179 Å². The number of nitrogens with zero attached hydrogens (tertiary/aromatic N) is 1. The van der Waals surface area contributed by atoms with Crippen LogP contribution in [0.4, 0.5) is 0 Å². The monoisotopic (exact) mass is 420 g/mol. The van der Waals surface area contributed by atoms with Crippen LogP contribution in [0.1, 0.15) is 30.5 Å². The zero-order valence-corrected chi connectivity index (χ0v) is 17.6. The van der Waals surface area contributed by atoms with E-state index in [0.717, 1.165) is 16.5 Å². The zero-order chi connectivity index (χ0) is 22.1. The molecule has 0 saturated carbocycles. The number of carbonyl (C=O) groups excluding carboxylic acids is 2. The number of benzene rings is 2. The lowest BCUT2D eigenvalue weighted by Gasteiger charge is -2.24. The second-order valence-electron chi connectivity index (χ2n) is 7.35. The third-order valence-electron chi connectivity index (χ3n) is 5.58. The normalized spacial score (nSPS) is 18.0. The Morgan fingerprint density at radius 2 is 1.90 bits per heavy atom. The summed E-state index contributed by atoms with van der Waals surface area (Å²) in [7, 11) is 3.00. The summed E-state index contributed by atoms with van der Waals surface area (Å²) in [5, 5.41) is 12.2. The van der Waals surface area contributed by atoms with Crippen LogP contribution >= 0.6 is 0 Å². The van der Waals surface area contributed by atoms with E-state index in [2.05, 4.69) is 4.98 Å². The quantitative estimate of drug-likeness (QED) is 0.357.